The van der Waals surface area contributed by atoms with Crippen LogP contribution in [-0.4, -0.2) is 33.3 Å². The number of aromatic nitrogens is 1. The number of hydrogen-bond donors (Lipinski definition) is 1. The largest absolute Gasteiger partial charge is 0.493 e. The Bertz CT molecular complexity index is 880. The van der Waals surface area contributed by atoms with E-state index in [0.29, 0.717) is 28.6 Å². The lowest BCUT2D eigenvalue weighted by Crippen LogP contribution is -2.07. The molecule has 0 amide bonds. The molecule has 0 spiro atoms. The zero-order valence-electron chi connectivity index (χ0n) is 15.6. The zero-order valence-corrected chi connectivity index (χ0v) is 17.2. The van der Waals surface area contributed by atoms with Gasteiger partial charge in [-0.15, -0.1) is 24.8 Å². The van der Waals surface area contributed by atoms with Gasteiger partial charge in [-0.05, 0) is 36.4 Å². The quantitative estimate of drug-likeness (QED) is 0.622. The van der Waals surface area contributed by atoms with E-state index in [1.165, 1.54) is 6.39 Å². The standard InChI is InChI=1S/C19H21N3O3.2ClH/c1-22(2)14-7-5-12(6-8-14)18-17(21-11-25-18)13-9-15(20)19(24-4)16(10-13)23-3;;/h5-11H,20H2,1-4H3;2*1H. The number of hydrogen-bond acceptors (Lipinski definition) is 6. The Balaban J connectivity index is 0.00000182. The monoisotopic (exact) mass is 411 g/mol. The van der Waals surface area contributed by atoms with Gasteiger partial charge in [0.05, 0.1) is 19.9 Å². The first-order valence-electron chi connectivity index (χ1n) is 7.78. The number of halogens is 2. The number of benzene rings is 2. The topological polar surface area (TPSA) is 73.8 Å². The first-order chi connectivity index (χ1) is 12.0. The van der Waals surface area contributed by atoms with Gasteiger partial charge in [0, 0.05) is 30.9 Å². The Hall–Kier alpha value is -2.57. The summed E-state index contributed by atoms with van der Waals surface area (Å²) in [5.41, 5.74) is 10.1. The van der Waals surface area contributed by atoms with Crippen molar-refractivity contribution in [3.8, 4) is 34.1 Å². The fourth-order valence-electron chi connectivity index (χ4n) is 2.70. The molecular weight excluding hydrogens is 389 g/mol. The first kappa shape index (κ1) is 22.5. The minimum atomic E-state index is 0. The number of methoxy groups -OCH3 is 2. The molecule has 0 saturated carbocycles. The normalized spacial score (nSPS) is 9.78. The highest BCUT2D eigenvalue weighted by Crippen LogP contribution is 2.40. The number of oxazole rings is 1. The average molecular weight is 412 g/mol. The molecule has 0 aliphatic rings. The van der Waals surface area contributed by atoms with Gasteiger partial charge in [0.25, 0.3) is 0 Å². The second kappa shape index (κ2) is 9.39. The average Bonchev–Trinajstić information content (AvgIpc) is 3.10. The number of nitrogens with zero attached hydrogens (tertiary/aromatic N) is 2. The van der Waals surface area contributed by atoms with E-state index in [1.807, 2.05) is 49.3 Å². The molecule has 3 aromatic rings. The van der Waals surface area contributed by atoms with Crippen LogP contribution in [0.5, 0.6) is 11.5 Å². The Morgan fingerprint density at radius 2 is 1.63 bits per heavy atom. The van der Waals surface area contributed by atoms with Gasteiger partial charge in [0.15, 0.2) is 23.7 Å². The maximum atomic E-state index is 6.09. The highest BCUT2D eigenvalue weighted by atomic mass is 35.5. The summed E-state index contributed by atoms with van der Waals surface area (Å²) in [6.07, 6.45) is 1.43. The van der Waals surface area contributed by atoms with Crippen LogP contribution in [0.2, 0.25) is 0 Å². The third-order valence-electron chi connectivity index (χ3n) is 3.99. The summed E-state index contributed by atoms with van der Waals surface area (Å²) < 4.78 is 16.3. The van der Waals surface area contributed by atoms with Crippen LogP contribution in [0.3, 0.4) is 0 Å². The molecule has 0 bridgehead atoms. The van der Waals surface area contributed by atoms with E-state index >= 15 is 0 Å². The number of ether oxygens (including phenoxy) is 2. The van der Waals surface area contributed by atoms with Crippen molar-refractivity contribution in [2.24, 2.45) is 0 Å². The summed E-state index contributed by atoms with van der Waals surface area (Å²) in [6.45, 7) is 0. The summed E-state index contributed by atoms with van der Waals surface area (Å²) >= 11 is 0. The third kappa shape index (κ3) is 4.40. The lowest BCUT2D eigenvalue weighted by atomic mass is 10.0. The van der Waals surface area contributed by atoms with Gasteiger partial charge in [0.2, 0.25) is 0 Å². The lowest BCUT2D eigenvalue weighted by Gasteiger charge is -2.13. The Morgan fingerprint density at radius 1 is 0.963 bits per heavy atom. The minimum Gasteiger partial charge on any atom is -0.493 e. The Morgan fingerprint density at radius 3 is 2.19 bits per heavy atom. The zero-order chi connectivity index (χ0) is 18.0. The lowest BCUT2D eigenvalue weighted by molar-refractivity contribution is 0.356. The smallest absolute Gasteiger partial charge is 0.183 e. The van der Waals surface area contributed by atoms with Crippen molar-refractivity contribution in [3.63, 3.8) is 0 Å². The van der Waals surface area contributed by atoms with Crippen LogP contribution in [0.1, 0.15) is 0 Å². The molecule has 2 aromatic carbocycles. The molecule has 0 unspecified atom stereocenters. The summed E-state index contributed by atoms with van der Waals surface area (Å²) in [5, 5.41) is 0. The predicted molar refractivity (Wildman–Crippen MR) is 114 cm³/mol. The maximum Gasteiger partial charge on any atom is 0.183 e. The number of anilines is 2. The third-order valence-corrected chi connectivity index (χ3v) is 3.99. The second-order valence-electron chi connectivity index (χ2n) is 5.77. The SMILES string of the molecule is COc1cc(-c2ncoc2-c2ccc(N(C)C)cc2)cc(N)c1OC.Cl.Cl. The van der Waals surface area contributed by atoms with Crippen LogP contribution in [0, 0.1) is 0 Å². The first-order valence-corrected chi connectivity index (χ1v) is 7.78. The molecule has 8 heteroatoms. The van der Waals surface area contributed by atoms with Crippen molar-refractivity contribution in [2.45, 2.75) is 0 Å². The van der Waals surface area contributed by atoms with E-state index in [-0.39, 0.29) is 24.8 Å². The van der Waals surface area contributed by atoms with Gasteiger partial charge in [-0.2, -0.15) is 0 Å². The van der Waals surface area contributed by atoms with Gasteiger partial charge in [-0.25, -0.2) is 4.98 Å². The molecule has 0 aliphatic carbocycles. The van der Waals surface area contributed by atoms with Crippen LogP contribution < -0.4 is 20.1 Å². The summed E-state index contributed by atoms with van der Waals surface area (Å²) in [5.74, 6) is 1.73. The van der Waals surface area contributed by atoms with Crippen LogP contribution >= 0.6 is 24.8 Å². The summed E-state index contributed by atoms with van der Waals surface area (Å²) in [6, 6.07) is 11.7. The van der Waals surface area contributed by atoms with Crippen molar-refractivity contribution in [1.82, 2.24) is 4.98 Å². The fraction of sp³-hybridized carbons (Fsp3) is 0.211. The van der Waals surface area contributed by atoms with Gasteiger partial charge >= 0.3 is 0 Å². The molecule has 0 radical (unpaired) electrons. The van der Waals surface area contributed by atoms with E-state index < -0.39 is 0 Å². The van der Waals surface area contributed by atoms with Crippen LogP contribution in [0.4, 0.5) is 11.4 Å². The predicted octanol–water partition coefficient (Wildman–Crippen LogP) is 4.52. The van der Waals surface area contributed by atoms with Gasteiger partial charge in [-0.1, -0.05) is 0 Å². The second-order valence-corrected chi connectivity index (χ2v) is 5.77. The molecule has 0 fully saturated rings. The fourth-order valence-corrected chi connectivity index (χ4v) is 2.70. The molecule has 0 saturated heterocycles. The molecule has 1 aromatic heterocycles. The van der Waals surface area contributed by atoms with E-state index in [0.717, 1.165) is 16.8 Å². The van der Waals surface area contributed by atoms with Gasteiger partial charge in [-0.3, -0.25) is 0 Å². The van der Waals surface area contributed by atoms with Crippen molar-refractivity contribution < 1.29 is 13.9 Å². The number of rotatable bonds is 5. The van der Waals surface area contributed by atoms with E-state index in [4.69, 9.17) is 19.6 Å². The Kier molecular flexibility index (Phi) is 7.82. The molecule has 1 heterocycles. The van der Waals surface area contributed by atoms with Gasteiger partial charge < -0.3 is 24.5 Å². The van der Waals surface area contributed by atoms with Crippen molar-refractivity contribution in [1.29, 1.82) is 0 Å². The molecule has 146 valence electrons. The number of nitrogen functional groups attached to an aromatic ring is 1. The molecule has 27 heavy (non-hydrogen) atoms. The minimum absolute atomic E-state index is 0. The van der Waals surface area contributed by atoms with Crippen molar-refractivity contribution in [2.75, 3.05) is 38.9 Å². The van der Waals surface area contributed by atoms with E-state index in [2.05, 4.69) is 4.98 Å². The van der Waals surface area contributed by atoms with E-state index in [1.54, 1.807) is 20.3 Å². The molecular formula is C19H23Cl2N3O3. The number of nitrogens with two attached hydrogens (primary N) is 1. The van der Waals surface area contributed by atoms with E-state index in [9.17, 15) is 0 Å². The van der Waals surface area contributed by atoms with Crippen molar-refractivity contribution in [3.05, 3.63) is 42.8 Å². The Labute approximate surface area is 171 Å². The molecule has 6 nitrogen and oxygen atoms in total. The van der Waals surface area contributed by atoms with Crippen molar-refractivity contribution >= 4 is 36.2 Å². The molecule has 2 N–H and O–H groups in total. The van der Waals surface area contributed by atoms with Crippen LogP contribution in [0.25, 0.3) is 22.6 Å². The maximum absolute atomic E-state index is 6.09. The highest BCUT2D eigenvalue weighted by Gasteiger charge is 2.17. The van der Waals surface area contributed by atoms with Crippen LogP contribution in [0.15, 0.2) is 47.2 Å². The summed E-state index contributed by atoms with van der Waals surface area (Å²) in [4.78, 5) is 6.41. The van der Waals surface area contributed by atoms with Gasteiger partial charge in [0.1, 0.15) is 5.69 Å². The highest BCUT2D eigenvalue weighted by molar-refractivity contribution is 5.85. The van der Waals surface area contributed by atoms with Crippen LogP contribution in [-0.2, 0) is 0 Å². The summed E-state index contributed by atoms with van der Waals surface area (Å²) in [7, 11) is 7.13. The molecule has 0 aliphatic heterocycles. The molecule has 3 rings (SSSR count). The molecule has 0 atom stereocenters.